The molecule has 0 aliphatic carbocycles. The van der Waals surface area contributed by atoms with Crippen LogP contribution in [0.5, 0.6) is 0 Å². The van der Waals surface area contributed by atoms with Crippen molar-refractivity contribution < 1.29 is 4.79 Å². The number of anilines is 1. The van der Waals surface area contributed by atoms with Crippen molar-refractivity contribution in [1.82, 2.24) is 0 Å². The van der Waals surface area contributed by atoms with Gasteiger partial charge in [0, 0.05) is 10.2 Å². The highest BCUT2D eigenvalue weighted by atomic mass is 79.9. The van der Waals surface area contributed by atoms with Gasteiger partial charge in [-0.25, -0.2) is 0 Å². The molecule has 1 N–H and O–H groups in total. The predicted molar refractivity (Wildman–Crippen MR) is 86.8 cm³/mol. The highest BCUT2D eigenvalue weighted by Gasteiger charge is 2.14. The standard InChI is InChI=1S/C11H5Br3ClNOS/c12-7-3-5(1-2-8(7)15)16-11(17)6-4-9(13)18-10(6)14/h1-4H,(H,16,17). The summed E-state index contributed by atoms with van der Waals surface area (Å²) in [6.45, 7) is 0. The number of hydrogen-bond donors (Lipinski definition) is 1. The molecule has 2 aromatic rings. The van der Waals surface area contributed by atoms with Crippen LogP contribution in [0.4, 0.5) is 5.69 Å². The minimum Gasteiger partial charge on any atom is -0.322 e. The van der Waals surface area contributed by atoms with E-state index in [-0.39, 0.29) is 5.91 Å². The van der Waals surface area contributed by atoms with Crippen LogP contribution in [-0.2, 0) is 0 Å². The Balaban J connectivity index is 2.21. The van der Waals surface area contributed by atoms with Crippen molar-refractivity contribution in [3.05, 3.63) is 46.9 Å². The number of hydrogen-bond acceptors (Lipinski definition) is 2. The Morgan fingerprint density at radius 3 is 2.50 bits per heavy atom. The van der Waals surface area contributed by atoms with Gasteiger partial charge in [0.1, 0.15) is 0 Å². The fourth-order valence-corrected chi connectivity index (χ4v) is 4.56. The molecule has 1 amide bonds. The highest BCUT2D eigenvalue weighted by Crippen LogP contribution is 2.32. The van der Waals surface area contributed by atoms with Crippen LogP contribution in [0, 0.1) is 0 Å². The molecule has 1 aromatic heterocycles. The first-order chi connectivity index (χ1) is 8.47. The quantitative estimate of drug-likeness (QED) is 0.574. The number of amides is 1. The van der Waals surface area contributed by atoms with Crippen LogP contribution in [0.2, 0.25) is 5.02 Å². The summed E-state index contributed by atoms with van der Waals surface area (Å²) < 4.78 is 2.43. The Morgan fingerprint density at radius 1 is 1.22 bits per heavy atom. The molecule has 7 heteroatoms. The number of nitrogens with one attached hydrogen (secondary N) is 1. The average Bonchev–Trinajstić information content (AvgIpc) is 2.63. The smallest absolute Gasteiger partial charge is 0.257 e. The maximum atomic E-state index is 12.0. The lowest BCUT2D eigenvalue weighted by Gasteiger charge is -2.05. The molecule has 0 unspecified atom stereocenters. The molecule has 0 atom stereocenters. The lowest BCUT2D eigenvalue weighted by Crippen LogP contribution is -2.11. The number of thiophene rings is 1. The molecule has 0 fully saturated rings. The van der Waals surface area contributed by atoms with E-state index in [1.54, 1.807) is 24.3 Å². The van der Waals surface area contributed by atoms with E-state index in [9.17, 15) is 4.79 Å². The summed E-state index contributed by atoms with van der Waals surface area (Å²) in [5.74, 6) is -0.168. The summed E-state index contributed by atoms with van der Waals surface area (Å²) in [6, 6.07) is 7.00. The highest BCUT2D eigenvalue weighted by molar-refractivity contribution is 9.12. The zero-order valence-electron chi connectivity index (χ0n) is 8.64. The van der Waals surface area contributed by atoms with Crippen molar-refractivity contribution >= 4 is 82.3 Å². The number of benzene rings is 1. The molecule has 0 radical (unpaired) electrons. The molecule has 0 saturated carbocycles. The lowest BCUT2D eigenvalue weighted by atomic mass is 10.3. The first kappa shape index (κ1) is 14.5. The minimum absolute atomic E-state index is 0.168. The van der Waals surface area contributed by atoms with Gasteiger partial charge in [-0.2, -0.15) is 0 Å². The van der Waals surface area contributed by atoms with E-state index < -0.39 is 0 Å². The van der Waals surface area contributed by atoms with E-state index in [2.05, 4.69) is 53.1 Å². The van der Waals surface area contributed by atoms with E-state index in [0.29, 0.717) is 16.3 Å². The van der Waals surface area contributed by atoms with Gasteiger partial charge in [0.25, 0.3) is 5.91 Å². The Bertz CT molecular complexity index is 614. The van der Waals surface area contributed by atoms with Crippen LogP contribution >= 0.6 is 70.7 Å². The van der Waals surface area contributed by atoms with Crippen molar-refractivity contribution in [2.45, 2.75) is 0 Å². The van der Waals surface area contributed by atoms with Crippen LogP contribution in [-0.4, -0.2) is 5.91 Å². The zero-order valence-corrected chi connectivity index (χ0v) is 15.0. The average molecular weight is 474 g/mol. The molecule has 0 spiro atoms. The molecule has 0 bridgehead atoms. The van der Waals surface area contributed by atoms with E-state index in [1.807, 2.05) is 0 Å². The van der Waals surface area contributed by atoms with Crippen molar-refractivity contribution in [3.8, 4) is 0 Å². The zero-order chi connectivity index (χ0) is 13.3. The first-order valence-electron chi connectivity index (χ1n) is 4.68. The molecule has 2 rings (SSSR count). The lowest BCUT2D eigenvalue weighted by molar-refractivity contribution is 0.102. The molecule has 0 aliphatic heterocycles. The third-order valence-electron chi connectivity index (χ3n) is 2.08. The fourth-order valence-electron chi connectivity index (χ4n) is 1.27. The van der Waals surface area contributed by atoms with Gasteiger partial charge in [-0.3, -0.25) is 4.79 Å². The van der Waals surface area contributed by atoms with Gasteiger partial charge in [-0.1, -0.05) is 11.6 Å². The number of carbonyl (C=O) groups is 1. The third-order valence-corrected chi connectivity index (χ3v) is 5.63. The Labute approximate surface area is 138 Å². The van der Waals surface area contributed by atoms with E-state index >= 15 is 0 Å². The largest absolute Gasteiger partial charge is 0.322 e. The van der Waals surface area contributed by atoms with Gasteiger partial charge in [-0.05, 0) is 72.1 Å². The second kappa shape index (κ2) is 6.05. The SMILES string of the molecule is O=C(Nc1ccc(Cl)c(Br)c1)c1cc(Br)sc1Br. The monoisotopic (exact) mass is 471 g/mol. The molecule has 18 heavy (non-hydrogen) atoms. The Morgan fingerprint density at radius 2 is 1.94 bits per heavy atom. The maximum absolute atomic E-state index is 12.0. The number of halogens is 4. The summed E-state index contributed by atoms with van der Waals surface area (Å²) in [7, 11) is 0. The van der Waals surface area contributed by atoms with Crippen LogP contribution in [0.25, 0.3) is 0 Å². The van der Waals surface area contributed by atoms with Crippen molar-refractivity contribution in [1.29, 1.82) is 0 Å². The molecule has 0 saturated heterocycles. The Hall–Kier alpha value is 0.120. The summed E-state index contributed by atoms with van der Waals surface area (Å²) in [4.78, 5) is 12.0. The molecule has 2 nitrogen and oxygen atoms in total. The molecule has 1 heterocycles. The fraction of sp³-hybridized carbons (Fsp3) is 0. The maximum Gasteiger partial charge on any atom is 0.257 e. The van der Waals surface area contributed by atoms with Gasteiger partial charge >= 0.3 is 0 Å². The normalized spacial score (nSPS) is 10.4. The second-order valence-corrected chi connectivity index (χ2v) is 8.33. The summed E-state index contributed by atoms with van der Waals surface area (Å²) in [5, 5.41) is 3.41. The third kappa shape index (κ3) is 3.36. The van der Waals surface area contributed by atoms with E-state index in [0.717, 1.165) is 12.0 Å². The van der Waals surface area contributed by atoms with Crippen molar-refractivity contribution in [3.63, 3.8) is 0 Å². The van der Waals surface area contributed by atoms with E-state index in [1.165, 1.54) is 11.3 Å². The minimum atomic E-state index is -0.168. The molecular weight excluding hydrogens is 469 g/mol. The van der Waals surface area contributed by atoms with Gasteiger partial charge < -0.3 is 5.32 Å². The summed E-state index contributed by atoms with van der Waals surface area (Å²) >= 11 is 17.4. The first-order valence-corrected chi connectivity index (χ1v) is 8.26. The predicted octanol–water partition coefficient (Wildman–Crippen LogP) is 5.94. The van der Waals surface area contributed by atoms with E-state index in [4.69, 9.17) is 11.6 Å². The molecule has 1 aromatic carbocycles. The second-order valence-electron chi connectivity index (χ2n) is 3.32. The number of carbonyl (C=O) groups excluding carboxylic acids is 1. The molecule has 0 aliphatic rings. The topological polar surface area (TPSA) is 29.1 Å². The van der Waals surface area contributed by atoms with Crippen LogP contribution in [0.3, 0.4) is 0 Å². The molecule has 94 valence electrons. The molecular formula is C11H5Br3ClNOS. The van der Waals surface area contributed by atoms with Gasteiger partial charge in [0.05, 0.1) is 18.2 Å². The van der Waals surface area contributed by atoms with Crippen LogP contribution < -0.4 is 5.32 Å². The summed E-state index contributed by atoms with van der Waals surface area (Å²) in [5.41, 5.74) is 1.28. The van der Waals surface area contributed by atoms with Gasteiger partial charge in [-0.15, -0.1) is 11.3 Å². The van der Waals surface area contributed by atoms with Gasteiger partial charge in [0.2, 0.25) is 0 Å². The van der Waals surface area contributed by atoms with Crippen LogP contribution in [0.1, 0.15) is 10.4 Å². The van der Waals surface area contributed by atoms with Gasteiger partial charge in [0.15, 0.2) is 0 Å². The number of rotatable bonds is 2. The van der Waals surface area contributed by atoms with Crippen molar-refractivity contribution in [2.75, 3.05) is 5.32 Å². The summed E-state index contributed by atoms with van der Waals surface area (Å²) in [6.07, 6.45) is 0. The Kier molecular flexibility index (Phi) is 4.88. The van der Waals surface area contributed by atoms with Crippen molar-refractivity contribution in [2.24, 2.45) is 0 Å². The van der Waals surface area contributed by atoms with Crippen LogP contribution in [0.15, 0.2) is 36.3 Å².